The summed E-state index contributed by atoms with van der Waals surface area (Å²) in [7, 11) is 0. The molecule has 0 saturated heterocycles. The zero-order chi connectivity index (χ0) is 18.0. The summed E-state index contributed by atoms with van der Waals surface area (Å²) in [5.41, 5.74) is -0.110. The maximum Gasteiger partial charge on any atom is 0.335 e. The van der Waals surface area contributed by atoms with Crippen molar-refractivity contribution in [1.29, 1.82) is 0 Å². The number of halogens is 1. The number of nitrogens with zero attached hydrogens (tertiary/aromatic N) is 2. The zero-order valence-electron chi connectivity index (χ0n) is 13.2. The van der Waals surface area contributed by atoms with Gasteiger partial charge in [-0.1, -0.05) is 18.2 Å². The fourth-order valence-electron chi connectivity index (χ4n) is 2.36. The molecule has 3 rings (SSSR count). The Balaban J connectivity index is 2.14. The van der Waals surface area contributed by atoms with Crippen molar-refractivity contribution in [3.63, 3.8) is 0 Å². The average molecular weight is 339 g/mol. The van der Waals surface area contributed by atoms with Gasteiger partial charge in [0.05, 0.1) is 11.4 Å². The van der Waals surface area contributed by atoms with E-state index in [9.17, 15) is 19.1 Å². The van der Waals surface area contributed by atoms with Crippen LogP contribution in [0.2, 0.25) is 0 Å². The lowest BCUT2D eigenvalue weighted by Gasteiger charge is -2.11. The van der Waals surface area contributed by atoms with E-state index in [0.717, 1.165) is 16.3 Å². The maximum atomic E-state index is 12.9. The Hall–Kier alpha value is -3.48. The molecular formula is C18H14FN3O3. The van der Waals surface area contributed by atoms with Crippen LogP contribution >= 0.6 is 0 Å². The third-order valence-electron chi connectivity index (χ3n) is 3.65. The second kappa shape index (κ2) is 6.56. The average Bonchev–Trinajstić information content (AvgIpc) is 2.57. The van der Waals surface area contributed by atoms with Crippen molar-refractivity contribution in [1.82, 2.24) is 9.55 Å². The Morgan fingerprint density at radius 1 is 1.12 bits per heavy atom. The number of benzene rings is 2. The Kier molecular flexibility index (Phi) is 4.30. The highest BCUT2D eigenvalue weighted by atomic mass is 19.1. The predicted molar refractivity (Wildman–Crippen MR) is 92.7 cm³/mol. The molecule has 1 aromatic heterocycles. The van der Waals surface area contributed by atoms with Crippen molar-refractivity contribution in [3.05, 3.63) is 86.3 Å². The molecule has 126 valence electrons. The summed E-state index contributed by atoms with van der Waals surface area (Å²) in [4.78, 5) is 30.4. The van der Waals surface area contributed by atoms with Gasteiger partial charge in [-0.2, -0.15) is 0 Å². The van der Waals surface area contributed by atoms with E-state index >= 15 is 0 Å². The van der Waals surface area contributed by atoms with E-state index in [-0.39, 0.29) is 5.56 Å². The van der Waals surface area contributed by atoms with Gasteiger partial charge in [0, 0.05) is 6.21 Å². The minimum atomic E-state index is -0.766. The number of aromatic hydroxyl groups is 1. The van der Waals surface area contributed by atoms with E-state index in [2.05, 4.69) is 9.98 Å². The van der Waals surface area contributed by atoms with Gasteiger partial charge >= 0.3 is 5.69 Å². The van der Waals surface area contributed by atoms with Crippen LogP contribution in [0.4, 0.5) is 10.1 Å². The molecule has 0 atom stereocenters. The van der Waals surface area contributed by atoms with Gasteiger partial charge in [-0.25, -0.2) is 13.8 Å². The fourth-order valence-corrected chi connectivity index (χ4v) is 2.36. The van der Waals surface area contributed by atoms with Crippen LogP contribution in [0.1, 0.15) is 11.1 Å². The quantitative estimate of drug-likeness (QED) is 0.719. The minimum Gasteiger partial charge on any atom is -0.493 e. The number of aromatic nitrogens is 2. The highest BCUT2D eigenvalue weighted by Gasteiger charge is 2.15. The van der Waals surface area contributed by atoms with Crippen molar-refractivity contribution in [2.24, 2.45) is 4.99 Å². The third-order valence-corrected chi connectivity index (χ3v) is 3.65. The molecule has 2 aromatic carbocycles. The topological polar surface area (TPSA) is 87.4 Å². The lowest BCUT2D eigenvalue weighted by molar-refractivity contribution is 0.430. The van der Waals surface area contributed by atoms with E-state index in [1.807, 2.05) is 0 Å². The molecule has 0 aliphatic rings. The van der Waals surface area contributed by atoms with Crippen LogP contribution in [-0.2, 0) is 0 Å². The van der Waals surface area contributed by atoms with E-state index in [1.54, 1.807) is 31.2 Å². The number of aromatic amines is 1. The summed E-state index contributed by atoms with van der Waals surface area (Å²) in [6, 6.07) is 12.2. The SMILES string of the molecule is Cc1ccccc1-n1c(O)c(C=Nc2ccc(F)cc2)c(=O)[nH]c1=O. The molecule has 0 amide bonds. The van der Waals surface area contributed by atoms with Crippen molar-refractivity contribution in [3.8, 4) is 11.6 Å². The van der Waals surface area contributed by atoms with Crippen LogP contribution in [-0.4, -0.2) is 20.9 Å². The molecule has 7 heteroatoms. The maximum absolute atomic E-state index is 12.9. The van der Waals surface area contributed by atoms with Crippen molar-refractivity contribution < 1.29 is 9.50 Å². The molecule has 0 unspecified atom stereocenters. The molecular weight excluding hydrogens is 325 g/mol. The van der Waals surface area contributed by atoms with E-state index in [0.29, 0.717) is 11.4 Å². The number of nitrogens with one attached hydrogen (secondary N) is 1. The Bertz CT molecular complexity index is 1070. The Morgan fingerprint density at radius 3 is 2.48 bits per heavy atom. The van der Waals surface area contributed by atoms with E-state index in [4.69, 9.17) is 0 Å². The number of aliphatic imine (C=N–C) groups is 1. The van der Waals surface area contributed by atoms with Crippen molar-refractivity contribution in [2.75, 3.05) is 0 Å². The lowest BCUT2D eigenvalue weighted by atomic mass is 10.2. The first-order chi connectivity index (χ1) is 12.0. The molecule has 6 nitrogen and oxygen atoms in total. The number of hydrogen-bond acceptors (Lipinski definition) is 4. The predicted octanol–water partition coefficient (Wildman–Crippen LogP) is 2.43. The van der Waals surface area contributed by atoms with Crippen molar-refractivity contribution in [2.45, 2.75) is 6.92 Å². The highest BCUT2D eigenvalue weighted by molar-refractivity contribution is 5.84. The first-order valence-electron chi connectivity index (χ1n) is 7.41. The Labute approximate surface area is 141 Å². The van der Waals surface area contributed by atoms with Crippen LogP contribution in [0, 0.1) is 12.7 Å². The summed E-state index contributed by atoms with van der Waals surface area (Å²) >= 11 is 0. The van der Waals surface area contributed by atoms with Crippen LogP contribution in [0.15, 0.2) is 63.1 Å². The van der Waals surface area contributed by atoms with Gasteiger partial charge in [0.1, 0.15) is 11.4 Å². The van der Waals surface area contributed by atoms with Crippen molar-refractivity contribution >= 4 is 11.9 Å². The zero-order valence-corrected chi connectivity index (χ0v) is 13.2. The lowest BCUT2D eigenvalue weighted by Crippen LogP contribution is -2.31. The number of hydrogen-bond donors (Lipinski definition) is 2. The van der Waals surface area contributed by atoms with Crippen LogP contribution < -0.4 is 11.2 Å². The highest BCUT2D eigenvalue weighted by Crippen LogP contribution is 2.19. The first kappa shape index (κ1) is 16.4. The summed E-state index contributed by atoms with van der Waals surface area (Å²) in [5, 5.41) is 10.4. The molecule has 3 aromatic rings. The second-order valence-electron chi connectivity index (χ2n) is 5.35. The van der Waals surface area contributed by atoms with Gasteiger partial charge in [0.25, 0.3) is 5.56 Å². The molecule has 0 radical (unpaired) electrons. The molecule has 0 saturated carbocycles. The van der Waals surface area contributed by atoms with Gasteiger partial charge in [-0.3, -0.25) is 14.8 Å². The van der Waals surface area contributed by atoms with Gasteiger partial charge in [0.15, 0.2) is 0 Å². The standard InChI is InChI=1S/C18H14FN3O3/c1-11-4-2-3-5-15(11)22-17(24)14(16(23)21-18(22)25)10-20-13-8-6-12(19)7-9-13/h2-10,24H,1H3,(H,21,23,25). The monoisotopic (exact) mass is 339 g/mol. The molecule has 0 bridgehead atoms. The van der Waals surface area contributed by atoms with Crippen LogP contribution in [0.3, 0.4) is 0 Å². The fraction of sp³-hybridized carbons (Fsp3) is 0.0556. The van der Waals surface area contributed by atoms with Gasteiger partial charge in [-0.15, -0.1) is 0 Å². The number of rotatable bonds is 3. The molecule has 0 aliphatic heterocycles. The summed E-state index contributed by atoms with van der Waals surface area (Å²) < 4.78 is 13.9. The van der Waals surface area contributed by atoms with Gasteiger partial charge in [-0.05, 0) is 42.8 Å². The van der Waals surface area contributed by atoms with Crippen LogP contribution in [0.5, 0.6) is 5.88 Å². The van der Waals surface area contributed by atoms with E-state index in [1.165, 1.54) is 24.3 Å². The Morgan fingerprint density at radius 2 is 1.80 bits per heavy atom. The molecule has 0 spiro atoms. The number of aryl methyl sites for hydroxylation is 1. The molecule has 0 fully saturated rings. The third kappa shape index (κ3) is 3.25. The largest absolute Gasteiger partial charge is 0.493 e. The van der Waals surface area contributed by atoms with E-state index < -0.39 is 22.9 Å². The second-order valence-corrected chi connectivity index (χ2v) is 5.35. The molecule has 0 aliphatic carbocycles. The first-order valence-corrected chi connectivity index (χ1v) is 7.41. The number of H-pyrrole nitrogens is 1. The summed E-state index contributed by atoms with van der Waals surface area (Å²) in [6.07, 6.45) is 1.13. The van der Waals surface area contributed by atoms with Gasteiger partial charge < -0.3 is 5.11 Å². The minimum absolute atomic E-state index is 0.174. The molecule has 25 heavy (non-hydrogen) atoms. The molecule has 2 N–H and O–H groups in total. The summed E-state index contributed by atoms with van der Waals surface area (Å²) in [5.74, 6) is -0.929. The molecule has 1 heterocycles. The smallest absolute Gasteiger partial charge is 0.335 e. The summed E-state index contributed by atoms with van der Waals surface area (Å²) in [6.45, 7) is 1.78. The normalized spacial score (nSPS) is 11.1. The number of para-hydroxylation sites is 1. The van der Waals surface area contributed by atoms with Crippen LogP contribution in [0.25, 0.3) is 5.69 Å². The van der Waals surface area contributed by atoms with Gasteiger partial charge in [0.2, 0.25) is 5.88 Å².